The monoisotopic (exact) mass is 193 g/mol. The Balaban J connectivity index is 2.22. The summed E-state index contributed by atoms with van der Waals surface area (Å²) in [4.78, 5) is 11.4. The van der Waals surface area contributed by atoms with Crippen LogP contribution >= 0.6 is 0 Å². The van der Waals surface area contributed by atoms with Crippen molar-refractivity contribution in [3.8, 4) is 0 Å². The van der Waals surface area contributed by atoms with E-state index in [-0.39, 0.29) is 17.6 Å². The predicted molar refractivity (Wildman–Crippen MR) is 51.4 cm³/mol. The van der Waals surface area contributed by atoms with Crippen molar-refractivity contribution in [3.63, 3.8) is 0 Å². The van der Waals surface area contributed by atoms with E-state index in [1.54, 1.807) is 13.1 Å². The molecule has 2 nitrogen and oxygen atoms in total. The largest absolute Gasteiger partial charge is 0.359 e. The molecule has 1 amide bonds. The Kier molecular flexibility index (Phi) is 2.23. The van der Waals surface area contributed by atoms with Crippen molar-refractivity contribution in [1.82, 2.24) is 5.32 Å². The highest BCUT2D eigenvalue weighted by Gasteiger charge is 2.26. The van der Waals surface area contributed by atoms with Crippen LogP contribution in [0, 0.1) is 11.7 Å². The molecule has 74 valence electrons. The maximum atomic E-state index is 12.9. The first-order valence-electron chi connectivity index (χ1n) is 4.69. The Morgan fingerprint density at radius 3 is 2.86 bits per heavy atom. The molecule has 1 aliphatic rings. The standard InChI is InChI=1S/C11H12FNO/c1-13-11(14)9-4-7-2-3-10(12)6-8(7)5-9/h2-3,6,9H,4-5H2,1H3,(H,13,14). The molecule has 0 radical (unpaired) electrons. The maximum absolute atomic E-state index is 12.9. The molecule has 1 N–H and O–H groups in total. The number of halogens is 1. The summed E-state index contributed by atoms with van der Waals surface area (Å²) in [6, 6.07) is 4.75. The van der Waals surface area contributed by atoms with E-state index in [1.807, 2.05) is 0 Å². The van der Waals surface area contributed by atoms with Crippen LogP contribution in [0.5, 0.6) is 0 Å². The summed E-state index contributed by atoms with van der Waals surface area (Å²) in [6.07, 6.45) is 1.39. The lowest BCUT2D eigenvalue weighted by atomic mass is 10.1. The lowest BCUT2D eigenvalue weighted by Crippen LogP contribution is -2.27. The van der Waals surface area contributed by atoms with E-state index in [0.29, 0.717) is 6.42 Å². The van der Waals surface area contributed by atoms with Gasteiger partial charge in [-0.3, -0.25) is 4.79 Å². The highest BCUT2D eigenvalue weighted by Crippen LogP contribution is 2.27. The minimum Gasteiger partial charge on any atom is -0.359 e. The summed E-state index contributed by atoms with van der Waals surface area (Å²) >= 11 is 0. The summed E-state index contributed by atoms with van der Waals surface area (Å²) in [5.41, 5.74) is 2.07. The van der Waals surface area contributed by atoms with Gasteiger partial charge in [-0.25, -0.2) is 4.39 Å². The molecule has 0 spiro atoms. The average Bonchev–Trinajstić information content (AvgIpc) is 2.59. The number of carbonyl (C=O) groups excluding carboxylic acids is 1. The fraction of sp³-hybridized carbons (Fsp3) is 0.364. The molecular weight excluding hydrogens is 181 g/mol. The van der Waals surface area contributed by atoms with Gasteiger partial charge in [0, 0.05) is 13.0 Å². The Hall–Kier alpha value is -1.38. The van der Waals surface area contributed by atoms with E-state index >= 15 is 0 Å². The number of amides is 1. The third kappa shape index (κ3) is 1.50. The second-order valence-electron chi connectivity index (χ2n) is 3.63. The van der Waals surface area contributed by atoms with Crippen LogP contribution in [0.3, 0.4) is 0 Å². The molecule has 1 atom stereocenters. The molecule has 0 heterocycles. The van der Waals surface area contributed by atoms with Gasteiger partial charge >= 0.3 is 0 Å². The number of carbonyl (C=O) groups is 1. The van der Waals surface area contributed by atoms with Crippen LogP contribution in [0.25, 0.3) is 0 Å². The van der Waals surface area contributed by atoms with Crippen molar-refractivity contribution < 1.29 is 9.18 Å². The Labute approximate surface area is 82.1 Å². The number of rotatable bonds is 1. The zero-order valence-corrected chi connectivity index (χ0v) is 8.01. The molecule has 0 aromatic heterocycles. The second kappa shape index (κ2) is 3.40. The van der Waals surface area contributed by atoms with E-state index in [2.05, 4.69) is 5.32 Å². The molecule has 1 aromatic rings. The van der Waals surface area contributed by atoms with Crippen molar-refractivity contribution in [2.24, 2.45) is 5.92 Å². The van der Waals surface area contributed by atoms with Crippen LogP contribution in [-0.4, -0.2) is 13.0 Å². The molecule has 0 aliphatic heterocycles. The van der Waals surface area contributed by atoms with Crippen molar-refractivity contribution in [2.75, 3.05) is 7.05 Å². The third-order valence-corrected chi connectivity index (χ3v) is 2.72. The van der Waals surface area contributed by atoms with Crippen LogP contribution < -0.4 is 5.32 Å². The smallest absolute Gasteiger partial charge is 0.223 e. The van der Waals surface area contributed by atoms with Crippen LogP contribution in [0.1, 0.15) is 11.1 Å². The van der Waals surface area contributed by atoms with Gasteiger partial charge in [-0.1, -0.05) is 6.07 Å². The molecule has 1 aromatic carbocycles. The normalized spacial score (nSPS) is 19.1. The fourth-order valence-electron chi connectivity index (χ4n) is 1.98. The van der Waals surface area contributed by atoms with Gasteiger partial charge in [0.25, 0.3) is 0 Å². The van der Waals surface area contributed by atoms with Crippen molar-refractivity contribution in [2.45, 2.75) is 12.8 Å². The molecule has 0 saturated heterocycles. The quantitative estimate of drug-likeness (QED) is 0.715. The molecule has 0 saturated carbocycles. The van der Waals surface area contributed by atoms with E-state index in [0.717, 1.165) is 17.5 Å². The molecule has 1 unspecified atom stereocenters. The molecule has 0 bridgehead atoms. The van der Waals surface area contributed by atoms with Gasteiger partial charge in [0.1, 0.15) is 5.82 Å². The summed E-state index contributed by atoms with van der Waals surface area (Å²) in [6.45, 7) is 0. The Morgan fingerprint density at radius 2 is 2.14 bits per heavy atom. The minimum atomic E-state index is -0.221. The third-order valence-electron chi connectivity index (χ3n) is 2.72. The first-order valence-corrected chi connectivity index (χ1v) is 4.69. The molecule has 1 aliphatic carbocycles. The lowest BCUT2D eigenvalue weighted by Gasteiger charge is -2.05. The SMILES string of the molecule is CNC(=O)C1Cc2ccc(F)cc2C1. The summed E-state index contributed by atoms with van der Waals surface area (Å²) < 4.78 is 12.9. The second-order valence-corrected chi connectivity index (χ2v) is 3.63. The fourth-order valence-corrected chi connectivity index (χ4v) is 1.98. The maximum Gasteiger partial charge on any atom is 0.223 e. The highest BCUT2D eigenvalue weighted by molar-refractivity contribution is 5.79. The first-order chi connectivity index (χ1) is 6.70. The first kappa shape index (κ1) is 9.19. The van der Waals surface area contributed by atoms with Gasteiger partial charge in [-0.05, 0) is 36.1 Å². The summed E-state index contributed by atoms with van der Waals surface area (Å²) in [5, 5.41) is 2.62. The molecule has 0 fully saturated rings. The van der Waals surface area contributed by atoms with Gasteiger partial charge in [0.2, 0.25) is 5.91 Å². The van der Waals surface area contributed by atoms with Gasteiger partial charge < -0.3 is 5.32 Å². The zero-order chi connectivity index (χ0) is 10.1. The van der Waals surface area contributed by atoms with Crippen molar-refractivity contribution in [1.29, 1.82) is 0 Å². The van der Waals surface area contributed by atoms with E-state index in [9.17, 15) is 9.18 Å². The summed E-state index contributed by atoms with van der Waals surface area (Å²) in [5.74, 6) is -0.195. The number of fused-ring (bicyclic) bond motifs is 1. The Bertz CT molecular complexity index is 376. The van der Waals surface area contributed by atoms with Gasteiger partial charge in [-0.2, -0.15) is 0 Å². The van der Waals surface area contributed by atoms with E-state index in [1.165, 1.54) is 12.1 Å². The lowest BCUT2D eigenvalue weighted by molar-refractivity contribution is -0.124. The number of hydrogen-bond acceptors (Lipinski definition) is 1. The number of nitrogens with one attached hydrogen (secondary N) is 1. The Morgan fingerprint density at radius 1 is 1.43 bits per heavy atom. The molecule has 3 heteroatoms. The van der Waals surface area contributed by atoms with Gasteiger partial charge in [0.15, 0.2) is 0 Å². The van der Waals surface area contributed by atoms with Crippen LogP contribution in [0.2, 0.25) is 0 Å². The van der Waals surface area contributed by atoms with Crippen molar-refractivity contribution >= 4 is 5.91 Å². The van der Waals surface area contributed by atoms with Gasteiger partial charge in [0.05, 0.1) is 0 Å². The summed E-state index contributed by atoms with van der Waals surface area (Å²) in [7, 11) is 1.63. The van der Waals surface area contributed by atoms with Gasteiger partial charge in [-0.15, -0.1) is 0 Å². The van der Waals surface area contributed by atoms with Crippen LogP contribution in [-0.2, 0) is 17.6 Å². The molecule has 2 rings (SSSR count). The minimum absolute atomic E-state index is 0.0169. The predicted octanol–water partition coefficient (Wildman–Crippen LogP) is 1.29. The van der Waals surface area contributed by atoms with E-state index < -0.39 is 0 Å². The van der Waals surface area contributed by atoms with Crippen LogP contribution in [0.4, 0.5) is 4.39 Å². The van der Waals surface area contributed by atoms with E-state index in [4.69, 9.17) is 0 Å². The van der Waals surface area contributed by atoms with Crippen LogP contribution in [0.15, 0.2) is 18.2 Å². The number of hydrogen-bond donors (Lipinski definition) is 1. The number of benzene rings is 1. The topological polar surface area (TPSA) is 29.1 Å². The average molecular weight is 193 g/mol. The highest BCUT2D eigenvalue weighted by atomic mass is 19.1. The molecular formula is C11H12FNO. The molecule has 14 heavy (non-hydrogen) atoms. The zero-order valence-electron chi connectivity index (χ0n) is 8.01. The van der Waals surface area contributed by atoms with Crippen molar-refractivity contribution in [3.05, 3.63) is 35.1 Å².